The summed E-state index contributed by atoms with van der Waals surface area (Å²) in [5.41, 5.74) is 2.18. The molecule has 0 spiro atoms. The zero-order valence-corrected chi connectivity index (χ0v) is 23.4. The highest BCUT2D eigenvalue weighted by Gasteiger charge is 2.36. The van der Waals surface area contributed by atoms with E-state index in [0.29, 0.717) is 41.0 Å². The van der Waals surface area contributed by atoms with Gasteiger partial charge in [-0.1, -0.05) is 48.0 Å². The fraction of sp³-hybridized carbons (Fsp3) is 0.148. The standard InChI is InChI=1S/C27H22ClIN2O5S/c1-2-35-22-12-18(11-21(29)25(22)36-16-17-7-4-3-5-8-17)13-23-26(33)31(27(34)37-23)15-24(32)30-20-10-6-9-19(28)14-20/h3-14H,2,15-16H2,1H3,(H,30,32)/b23-13+. The van der Waals surface area contributed by atoms with E-state index < -0.39 is 23.6 Å². The third kappa shape index (κ3) is 7.06. The summed E-state index contributed by atoms with van der Waals surface area (Å²) in [5, 5.41) is 2.59. The number of carbonyl (C=O) groups excluding carboxylic acids is 3. The predicted molar refractivity (Wildman–Crippen MR) is 154 cm³/mol. The van der Waals surface area contributed by atoms with Gasteiger partial charge in [0.15, 0.2) is 11.5 Å². The Bertz CT molecular complexity index is 1370. The second-order valence-electron chi connectivity index (χ2n) is 7.86. The SMILES string of the molecule is CCOc1cc(/C=C2/SC(=O)N(CC(=O)Nc3cccc(Cl)c3)C2=O)cc(I)c1OCc1ccccc1. The van der Waals surface area contributed by atoms with Gasteiger partial charge in [-0.25, -0.2) is 0 Å². The molecule has 3 aromatic rings. The van der Waals surface area contributed by atoms with Crippen molar-refractivity contribution in [2.45, 2.75) is 13.5 Å². The normalized spacial score (nSPS) is 14.2. The predicted octanol–water partition coefficient (Wildman–Crippen LogP) is 6.60. The third-order valence-corrected chi connectivity index (χ3v) is 7.08. The van der Waals surface area contributed by atoms with E-state index in [0.717, 1.165) is 25.8 Å². The topological polar surface area (TPSA) is 84.9 Å². The smallest absolute Gasteiger partial charge is 0.294 e. The van der Waals surface area contributed by atoms with Crippen molar-refractivity contribution >= 4 is 74.8 Å². The first-order chi connectivity index (χ1) is 17.8. The minimum absolute atomic E-state index is 0.219. The van der Waals surface area contributed by atoms with Crippen LogP contribution in [0.3, 0.4) is 0 Å². The van der Waals surface area contributed by atoms with Crippen LogP contribution in [0.5, 0.6) is 11.5 Å². The molecule has 1 aliphatic rings. The number of imide groups is 1. The molecule has 4 rings (SSSR count). The Balaban J connectivity index is 1.49. The van der Waals surface area contributed by atoms with E-state index in [4.69, 9.17) is 21.1 Å². The van der Waals surface area contributed by atoms with Gasteiger partial charge in [0, 0.05) is 10.7 Å². The molecule has 0 unspecified atom stereocenters. The summed E-state index contributed by atoms with van der Waals surface area (Å²) in [7, 11) is 0. The van der Waals surface area contributed by atoms with E-state index in [1.165, 1.54) is 0 Å². The zero-order valence-electron chi connectivity index (χ0n) is 19.7. The van der Waals surface area contributed by atoms with Crippen molar-refractivity contribution in [2.75, 3.05) is 18.5 Å². The second-order valence-corrected chi connectivity index (χ2v) is 10.5. The highest BCUT2D eigenvalue weighted by molar-refractivity contribution is 14.1. The molecule has 0 saturated carbocycles. The van der Waals surface area contributed by atoms with Crippen LogP contribution in [-0.2, 0) is 16.2 Å². The molecule has 1 saturated heterocycles. The van der Waals surface area contributed by atoms with Gasteiger partial charge in [0.2, 0.25) is 5.91 Å². The molecule has 1 aliphatic heterocycles. The van der Waals surface area contributed by atoms with Gasteiger partial charge >= 0.3 is 0 Å². The lowest BCUT2D eigenvalue weighted by Gasteiger charge is -2.15. The number of rotatable bonds is 9. The first kappa shape index (κ1) is 27.0. The largest absolute Gasteiger partial charge is 0.490 e. The summed E-state index contributed by atoms with van der Waals surface area (Å²) in [6.45, 7) is 2.29. The Morgan fingerprint density at radius 3 is 2.59 bits per heavy atom. The number of anilines is 1. The molecule has 1 heterocycles. The molecule has 3 aromatic carbocycles. The fourth-order valence-corrected chi connectivity index (χ4v) is 5.31. The van der Waals surface area contributed by atoms with Gasteiger partial charge in [-0.05, 0) is 88.8 Å². The van der Waals surface area contributed by atoms with Gasteiger partial charge in [0.1, 0.15) is 13.2 Å². The Hall–Kier alpha value is -3.02. The lowest BCUT2D eigenvalue weighted by molar-refractivity contribution is -0.127. The van der Waals surface area contributed by atoms with Crippen LogP contribution >= 0.6 is 46.0 Å². The average Bonchev–Trinajstić information content (AvgIpc) is 3.11. The van der Waals surface area contributed by atoms with Crippen molar-refractivity contribution in [1.29, 1.82) is 0 Å². The number of nitrogens with one attached hydrogen (secondary N) is 1. The number of thioether (sulfide) groups is 1. The van der Waals surface area contributed by atoms with Crippen LogP contribution in [0.25, 0.3) is 6.08 Å². The van der Waals surface area contributed by atoms with Gasteiger partial charge in [-0.2, -0.15) is 0 Å². The maximum atomic E-state index is 12.9. The summed E-state index contributed by atoms with van der Waals surface area (Å²) < 4.78 is 12.7. The lowest BCUT2D eigenvalue weighted by atomic mass is 10.1. The quantitative estimate of drug-likeness (QED) is 0.208. The number of nitrogens with zero attached hydrogens (tertiary/aromatic N) is 1. The molecule has 0 atom stereocenters. The number of hydrogen-bond acceptors (Lipinski definition) is 6. The summed E-state index contributed by atoms with van der Waals surface area (Å²) in [6, 6.07) is 20.0. The molecular formula is C27H22ClIN2O5S. The number of amides is 3. The minimum atomic E-state index is -0.534. The molecule has 0 aliphatic carbocycles. The van der Waals surface area contributed by atoms with Crippen LogP contribution in [0.15, 0.2) is 71.6 Å². The van der Waals surface area contributed by atoms with Crippen LogP contribution in [0.2, 0.25) is 5.02 Å². The number of hydrogen-bond donors (Lipinski definition) is 1. The van der Waals surface area contributed by atoms with Crippen molar-refractivity contribution < 1.29 is 23.9 Å². The van der Waals surface area contributed by atoms with Gasteiger partial charge in [0.05, 0.1) is 15.1 Å². The highest BCUT2D eigenvalue weighted by atomic mass is 127. The van der Waals surface area contributed by atoms with Crippen LogP contribution in [0.4, 0.5) is 10.5 Å². The molecule has 7 nitrogen and oxygen atoms in total. The molecule has 1 N–H and O–H groups in total. The number of ether oxygens (including phenoxy) is 2. The maximum Gasteiger partial charge on any atom is 0.294 e. The van der Waals surface area contributed by atoms with Gasteiger partial charge in [-0.15, -0.1) is 0 Å². The second kappa shape index (κ2) is 12.5. The van der Waals surface area contributed by atoms with Gasteiger partial charge in [0.25, 0.3) is 11.1 Å². The summed E-state index contributed by atoms with van der Waals surface area (Å²) in [4.78, 5) is 39.0. The number of carbonyl (C=O) groups is 3. The van der Waals surface area contributed by atoms with E-state index in [-0.39, 0.29) is 4.91 Å². The highest BCUT2D eigenvalue weighted by Crippen LogP contribution is 2.38. The van der Waals surface area contributed by atoms with Crippen LogP contribution in [-0.4, -0.2) is 35.1 Å². The van der Waals surface area contributed by atoms with Crippen LogP contribution in [0, 0.1) is 3.57 Å². The van der Waals surface area contributed by atoms with Crippen LogP contribution < -0.4 is 14.8 Å². The Kier molecular flexibility index (Phi) is 9.12. The molecule has 10 heteroatoms. The molecule has 37 heavy (non-hydrogen) atoms. The van der Waals surface area contributed by atoms with Crippen LogP contribution in [0.1, 0.15) is 18.1 Å². The molecule has 190 valence electrons. The molecule has 1 fully saturated rings. The average molecular weight is 649 g/mol. The maximum absolute atomic E-state index is 12.9. The van der Waals surface area contributed by atoms with E-state index >= 15 is 0 Å². The molecule has 0 bridgehead atoms. The van der Waals surface area contributed by atoms with E-state index in [2.05, 4.69) is 27.9 Å². The van der Waals surface area contributed by atoms with Crippen molar-refractivity contribution in [3.05, 3.63) is 91.4 Å². The summed E-state index contributed by atoms with van der Waals surface area (Å²) >= 11 is 8.88. The van der Waals surface area contributed by atoms with Gasteiger partial charge < -0.3 is 14.8 Å². The third-order valence-electron chi connectivity index (χ3n) is 5.14. The lowest BCUT2D eigenvalue weighted by Crippen LogP contribution is -2.36. The fourth-order valence-electron chi connectivity index (χ4n) is 3.50. The van der Waals surface area contributed by atoms with E-state index in [1.807, 2.05) is 43.3 Å². The van der Waals surface area contributed by atoms with E-state index in [9.17, 15) is 14.4 Å². The first-order valence-corrected chi connectivity index (χ1v) is 13.5. The Morgan fingerprint density at radius 1 is 1.08 bits per heavy atom. The Labute approximate surface area is 237 Å². The molecule has 0 radical (unpaired) electrons. The van der Waals surface area contributed by atoms with Crippen molar-refractivity contribution in [3.63, 3.8) is 0 Å². The zero-order chi connectivity index (χ0) is 26.4. The number of halogens is 2. The number of benzene rings is 3. The van der Waals surface area contributed by atoms with Gasteiger partial charge in [-0.3, -0.25) is 19.3 Å². The van der Waals surface area contributed by atoms with Crippen molar-refractivity contribution in [1.82, 2.24) is 4.90 Å². The van der Waals surface area contributed by atoms with Crippen molar-refractivity contribution in [3.8, 4) is 11.5 Å². The molecule has 3 amide bonds. The summed E-state index contributed by atoms with van der Waals surface area (Å²) in [6.07, 6.45) is 1.62. The molecule has 0 aromatic heterocycles. The monoisotopic (exact) mass is 648 g/mol. The Morgan fingerprint density at radius 2 is 1.86 bits per heavy atom. The van der Waals surface area contributed by atoms with E-state index in [1.54, 1.807) is 36.4 Å². The summed E-state index contributed by atoms with van der Waals surface area (Å²) in [5.74, 6) is 0.110. The molecular weight excluding hydrogens is 627 g/mol. The first-order valence-electron chi connectivity index (χ1n) is 11.3. The minimum Gasteiger partial charge on any atom is -0.490 e. The van der Waals surface area contributed by atoms with Crippen molar-refractivity contribution in [2.24, 2.45) is 0 Å².